The minimum atomic E-state index is -0.496. The summed E-state index contributed by atoms with van der Waals surface area (Å²) in [5.74, 6) is 0.838. The summed E-state index contributed by atoms with van der Waals surface area (Å²) in [5.41, 5.74) is 5.58. The van der Waals surface area contributed by atoms with Gasteiger partial charge in [0.25, 0.3) is 0 Å². The molecule has 0 bridgehead atoms. The van der Waals surface area contributed by atoms with Crippen LogP contribution in [0, 0.1) is 18.8 Å². The van der Waals surface area contributed by atoms with E-state index in [1.165, 1.54) is 16.8 Å². The molecule has 1 saturated carbocycles. The van der Waals surface area contributed by atoms with E-state index in [0.717, 1.165) is 36.3 Å². The van der Waals surface area contributed by atoms with E-state index in [9.17, 15) is 9.59 Å². The highest BCUT2D eigenvalue weighted by Gasteiger charge is 2.50. The van der Waals surface area contributed by atoms with Gasteiger partial charge in [-0.15, -0.1) is 0 Å². The molecule has 2 aliphatic rings. The molecule has 1 aromatic heterocycles. The fourth-order valence-corrected chi connectivity index (χ4v) is 5.57. The SMILES string of the molecule is Cc1nc2c(n1-c1cccc(-c3ccccc3)c1)CCC1CC(=O)C(C=O)CC21C. The van der Waals surface area contributed by atoms with Crippen molar-refractivity contribution in [1.82, 2.24) is 9.55 Å². The highest BCUT2D eigenvalue weighted by Crippen LogP contribution is 2.50. The van der Waals surface area contributed by atoms with E-state index < -0.39 is 5.92 Å². The highest BCUT2D eigenvalue weighted by atomic mass is 16.1. The summed E-state index contributed by atoms with van der Waals surface area (Å²) >= 11 is 0. The van der Waals surface area contributed by atoms with Gasteiger partial charge in [-0.2, -0.15) is 0 Å². The van der Waals surface area contributed by atoms with E-state index in [1.54, 1.807) is 0 Å². The molecule has 2 aromatic carbocycles. The molecule has 4 nitrogen and oxygen atoms in total. The standard InChI is InChI=1S/C26H26N2O2/c1-17-27-25-23(12-11-21-14-24(30)20(16-29)15-26(21,25)2)28(17)22-10-6-9-19(13-22)18-7-4-3-5-8-18/h3-10,13,16,20-21H,11-12,14-15H2,1-2H3. The lowest BCUT2D eigenvalue weighted by atomic mass is 9.58. The van der Waals surface area contributed by atoms with Crippen molar-refractivity contribution in [3.05, 3.63) is 71.8 Å². The predicted molar refractivity (Wildman–Crippen MR) is 117 cm³/mol. The lowest BCUT2D eigenvalue weighted by molar-refractivity contribution is -0.132. The van der Waals surface area contributed by atoms with E-state index >= 15 is 0 Å². The number of rotatable bonds is 3. The first-order valence-electron chi connectivity index (χ1n) is 10.7. The Bertz CT molecular complexity index is 1130. The number of aldehydes is 1. The van der Waals surface area contributed by atoms with E-state index in [4.69, 9.17) is 4.98 Å². The first-order valence-corrected chi connectivity index (χ1v) is 10.7. The smallest absolute Gasteiger partial charge is 0.143 e. The molecule has 0 amide bonds. The maximum absolute atomic E-state index is 12.3. The molecule has 5 rings (SSSR count). The maximum atomic E-state index is 12.3. The van der Waals surface area contributed by atoms with Crippen LogP contribution in [-0.4, -0.2) is 21.6 Å². The summed E-state index contributed by atoms with van der Waals surface area (Å²) in [5, 5.41) is 0. The van der Waals surface area contributed by atoms with Crippen molar-refractivity contribution in [3.63, 3.8) is 0 Å². The van der Waals surface area contributed by atoms with Gasteiger partial charge in [0.1, 0.15) is 17.9 Å². The second-order valence-corrected chi connectivity index (χ2v) is 8.98. The van der Waals surface area contributed by atoms with Crippen LogP contribution in [0.3, 0.4) is 0 Å². The lowest BCUT2D eigenvalue weighted by Gasteiger charge is -2.45. The monoisotopic (exact) mass is 398 g/mol. The minimum Gasteiger partial charge on any atom is -0.303 e. The molecule has 4 heteroatoms. The lowest BCUT2D eigenvalue weighted by Crippen LogP contribution is -2.46. The number of benzene rings is 2. The van der Waals surface area contributed by atoms with Crippen LogP contribution in [0.15, 0.2) is 54.6 Å². The topological polar surface area (TPSA) is 52.0 Å². The summed E-state index contributed by atoms with van der Waals surface area (Å²) in [6.45, 7) is 4.26. The number of carbonyl (C=O) groups is 2. The Morgan fingerprint density at radius 1 is 1.10 bits per heavy atom. The van der Waals surface area contributed by atoms with Gasteiger partial charge < -0.3 is 9.36 Å². The average molecular weight is 399 g/mol. The van der Waals surface area contributed by atoms with Crippen LogP contribution in [0.2, 0.25) is 0 Å². The quantitative estimate of drug-likeness (QED) is 0.468. The van der Waals surface area contributed by atoms with Gasteiger partial charge in [0.05, 0.1) is 11.6 Å². The highest BCUT2D eigenvalue weighted by molar-refractivity contribution is 5.94. The number of imidazole rings is 1. The molecular weight excluding hydrogens is 372 g/mol. The molecule has 0 aliphatic heterocycles. The molecule has 0 spiro atoms. The molecule has 1 heterocycles. The van der Waals surface area contributed by atoms with Crippen molar-refractivity contribution in [2.75, 3.05) is 0 Å². The van der Waals surface area contributed by atoms with E-state index in [1.807, 2.05) is 6.07 Å². The normalized spacial score (nSPS) is 25.5. The van der Waals surface area contributed by atoms with Crippen molar-refractivity contribution in [2.45, 2.75) is 44.9 Å². The van der Waals surface area contributed by atoms with Crippen LogP contribution >= 0.6 is 0 Å². The van der Waals surface area contributed by atoms with Gasteiger partial charge in [0.15, 0.2) is 0 Å². The Hall–Kier alpha value is -3.01. The first kappa shape index (κ1) is 19.0. The van der Waals surface area contributed by atoms with Gasteiger partial charge in [-0.05, 0) is 55.4 Å². The van der Waals surface area contributed by atoms with Gasteiger partial charge in [-0.25, -0.2) is 4.98 Å². The van der Waals surface area contributed by atoms with Crippen LogP contribution in [0.1, 0.15) is 43.4 Å². The third kappa shape index (κ3) is 2.85. The third-order valence-electron chi connectivity index (χ3n) is 7.19. The molecule has 3 aromatic rings. The van der Waals surface area contributed by atoms with Crippen LogP contribution in [0.4, 0.5) is 0 Å². The van der Waals surface area contributed by atoms with Crippen LogP contribution in [0.25, 0.3) is 16.8 Å². The van der Waals surface area contributed by atoms with Gasteiger partial charge in [-0.1, -0.05) is 49.4 Å². The van der Waals surface area contributed by atoms with E-state index in [-0.39, 0.29) is 17.1 Å². The number of Topliss-reactive ketones (excluding diaryl/α,β-unsaturated/α-hetero) is 1. The minimum absolute atomic E-state index is 0.0997. The zero-order valence-corrected chi connectivity index (χ0v) is 17.5. The van der Waals surface area contributed by atoms with Gasteiger partial charge >= 0.3 is 0 Å². The Morgan fingerprint density at radius 3 is 2.63 bits per heavy atom. The molecule has 2 aliphatic carbocycles. The molecular formula is C26H26N2O2. The molecule has 0 N–H and O–H groups in total. The fraction of sp³-hybridized carbons (Fsp3) is 0.346. The second-order valence-electron chi connectivity index (χ2n) is 8.98. The summed E-state index contributed by atoms with van der Waals surface area (Å²) in [6, 6.07) is 19.0. The largest absolute Gasteiger partial charge is 0.303 e. The van der Waals surface area contributed by atoms with Crippen LogP contribution in [-0.2, 0) is 21.4 Å². The molecule has 1 fully saturated rings. The number of ketones is 1. The van der Waals surface area contributed by atoms with E-state index in [0.29, 0.717) is 12.8 Å². The first-order chi connectivity index (χ1) is 14.5. The molecule has 3 atom stereocenters. The number of aryl methyl sites for hydroxylation is 1. The Balaban J connectivity index is 1.60. The molecule has 152 valence electrons. The Kier molecular flexibility index (Phi) is 4.46. The van der Waals surface area contributed by atoms with Crippen LogP contribution < -0.4 is 0 Å². The van der Waals surface area contributed by atoms with Crippen molar-refractivity contribution < 1.29 is 9.59 Å². The van der Waals surface area contributed by atoms with Crippen molar-refractivity contribution in [2.24, 2.45) is 11.8 Å². The number of aromatic nitrogens is 2. The Morgan fingerprint density at radius 2 is 1.87 bits per heavy atom. The summed E-state index contributed by atoms with van der Waals surface area (Å²) in [4.78, 5) is 28.9. The summed E-state index contributed by atoms with van der Waals surface area (Å²) < 4.78 is 2.27. The van der Waals surface area contributed by atoms with Crippen molar-refractivity contribution in [1.29, 1.82) is 0 Å². The van der Waals surface area contributed by atoms with Crippen molar-refractivity contribution >= 4 is 12.1 Å². The van der Waals surface area contributed by atoms with Gasteiger partial charge in [0.2, 0.25) is 0 Å². The van der Waals surface area contributed by atoms with Crippen LogP contribution in [0.5, 0.6) is 0 Å². The maximum Gasteiger partial charge on any atom is 0.143 e. The zero-order valence-electron chi connectivity index (χ0n) is 17.5. The molecule has 3 unspecified atom stereocenters. The molecule has 0 saturated heterocycles. The van der Waals surface area contributed by atoms with Gasteiger partial charge in [0, 0.05) is 23.2 Å². The second kappa shape index (κ2) is 7.05. The number of nitrogens with zero attached hydrogens (tertiary/aromatic N) is 2. The van der Waals surface area contributed by atoms with Gasteiger partial charge in [-0.3, -0.25) is 4.79 Å². The van der Waals surface area contributed by atoms with Crippen molar-refractivity contribution in [3.8, 4) is 16.8 Å². The molecule has 0 radical (unpaired) electrons. The summed E-state index contributed by atoms with van der Waals surface area (Å²) in [6.07, 6.45) is 3.78. The molecule has 30 heavy (non-hydrogen) atoms. The fourth-order valence-electron chi connectivity index (χ4n) is 5.57. The number of hydrogen-bond acceptors (Lipinski definition) is 3. The van der Waals surface area contributed by atoms with E-state index in [2.05, 4.69) is 66.9 Å². The Labute approximate surface area is 177 Å². The third-order valence-corrected chi connectivity index (χ3v) is 7.19. The average Bonchev–Trinajstić information content (AvgIpc) is 3.12. The number of fused-ring (bicyclic) bond motifs is 3. The zero-order chi connectivity index (χ0) is 20.9. The number of carbonyl (C=O) groups excluding carboxylic acids is 2. The number of hydrogen-bond donors (Lipinski definition) is 0. The predicted octanol–water partition coefficient (Wildman–Crippen LogP) is 4.85. The summed E-state index contributed by atoms with van der Waals surface area (Å²) in [7, 11) is 0.